The lowest BCUT2D eigenvalue weighted by Gasteiger charge is -2.61. The molecule has 1 heterocycles. The zero-order chi connectivity index (χ0) is 31.2. The fraction of sp³-hybridized carbons (Fsp3) is 0.853. The molecule has 4 N–H and O–H groups in total. The second-order valence-electron chi connectivity index (χ2n) is 15.0. The molecule has 5 fully saturated rings. The number of ketones is 1. The molecule has 8 nitrogen and oxygen atoms in total. The molecule has 12 atom stereocenters. The number of aliphatic hydroxyl groups is 2. The SMILES string of the molecule is C=C[C@]1(C)C[C@@H](OC(=O)CS[C@@H]2C[C@H](NC(=O)[C@@H]3CCCCN3)CC[C@@H]2O)[C@]2(C)C(C)CCC3(CCC(=O)[C@H]32)[C@@H](C)[C@@H]1O. The van der Waals surface area contributed by atoms with Crippen LogP contribution in [0.1, 0.15) is 98.3 Å². The Morgan fingerprint density at radius 2 is 1.91 bits per heavy atom. The molecule has 1 saturated heterocycles. The standard InChI is InChI=1S/C34H54N2O6S/c1-6-32(4)18-27(33(5)20(2)12-14-34(21(3)30(32)40)15-13-25(38)29(33)34)42-28(39)19-43-26-17-22(10-11-24(26)37)36-31(41)23-9-7-8-16-35-23/h6,20-24,26-27,29-30,35,37,40H,1,7-19H2,2-5H3,(H,36,41)/t20?,21-,22+,23-,24-,26+,27+,29-,30-,32+,33-,34?/m0/s1. The van der Waals surface area contributed by atoms with Crippen LogP contribution in [-0.4, -0.2) is 75.8 Å². The van der Waals surface area contributed by atoms with E-state index in [0.717, 1.165) is 51.5 Å². The topological polar surface area (TPSA) is 125 Å². The molecule has 1 amide bonds. The second-order valence-corrected chi connectivity index (χ2v) is 16.2. The molecule has 0 radical (unpaired) electrons. The van der Waals surface area contributed by atoms with Gasteiger partial charge in [0.15, 0.2) is 0 Å². The molecule has 242 valence electrons. The zero-order valence-electron chi connectivity index (χ0n) is 26.6. The average Bonchev–Trinajstić information content (AvgIpc) is 3.36. The van der Waals surface area contributed by atoms with E-state index >= 15 is 0 Å². The minimum atomic E-state index is -0.694. The predicted octanol–water partition coefficient (Wildman–Crippen LogP) is 4.17. The lowest BCUT2D eigenvalue weighted by Crippen LogP contribution is -2.63. The van der Waals surface area contributed by atoms with Crippen LogP contribution in [0.3, 0.4) is 0 Å². The highest BCUT2D eigenvalue weighted by molar-refractivity contribution is 8.00. The van der Waals surface area contributed by atoms with Gasteiger partial charge in [-0.1, -0.05) is 40.2 Å². The third-order valence-electron chi connectivity index (χ3n) is 12.7. The third kappa shape index (κ3) is 5.97. The third-order valence-corrected chi connectivity index (χ3v) is 14.1. The number of carbonyl (C=O) groups excluding carboxylic acids is 3. The second kappa shape index (κ2) is 12.8. The summed E-state index contributed by atoms with van der Waals surface area (Å²) in [5.74, 6) is -0.143. The number of ether oxygens (including phenoxy) is 1. The van der Waals surface area contributed by atoms with Gasteiger partial charge in [-0.3, -0.25) is 14.4 Å². The molecule has 2 unspecified atom stereocenters. The molecule has 0 aromatic rings. The van der Waals surface area contributed by atoms with E-state index in [-0.39, 0.29) is 63.9 Å². The smallest absolute Gasteiger partial charge is 0.316 e. The summed E-state index contributed by atoms with van der Waals surface area (Å²) in [6.07, 6.45) is 8.45. The predicted molar refractivity (Wildman–Crippen MR) is 168 cm³/mol. The van der Waals surface area contributed by atoms with Crippen LogP contribution in [0, 0.1) is 34.0 Å². The number of hydrogen-bond acceptors (Lipinski definition) is 8. The number of aliphatic hydroxyl groups excluding tert-OH is 2. The quantitative estimate of drug-likeness (QED) is 0.248. The van der Waals surface area contributed by atoms with Crippen molar-refractivity contribution in [3.05, 3.63) is 12.7 Å². The maximum absolute atomic E-state index is 13.6. The first-order chi connectivity index (χ1) is 20.4. The summed E-state index contributed by atoms with van der Waals surface area (Å²) in [6.45, 7) is 13.4. The molecule has 4 aliphatic carbocycles. The van der Waals surface area contributed by atoms with Crippen molar-refractivity contribution in [3.8, 4) is 0 Å². The van der Waals surface area contributed by atoms with Crippen molar-refractivity contribution in [1.29, 1.82) is 0 Å². The van der Waals surface area contributed by atoms with Crippen molar-refractivity contribution in [3.63, 3.8) is 0 Å². The van der Waals surface area contributed by atoms with E-state index in [1.54, 1.807) is 0 Å². The fourth-order valence-corrected chi connectivity index (χ4v) is 10.8. The molecule has 0 aromatic heterocycles. The number of amides is 1. The molecule has 2 bridgehead atoms. The Morgan fingerprint density at radius 1 is 1.14 bits per heavy atom. The Balaban J connectivity index is 1.29. The summed E-state index contributed by atoms with van der Waals surface area (Å²) in [5, 5.41) is 28.8. The van der Waals surface area contributed by atoms with E-state index in [2.05, 4.69) is 38.0 Å². The van der Waals surface area contributed by atoms with E-state index in [9.17, 15) is 24.6 Å². The van der Waals surface area contributed by atoms with E-state index in [4.69, 9.17) is 4.74 Å². The van der Waals surface area contributed by atoms with Crippen molar-refractivity contribution >= 4 is 29.4 Å². The molecule has 0 aromatic carbocycles. The highest BCUT2D eigenvalue weighted by Crippen LogP contribution is 2.68. The molecule has 4 saturated carbocycles. The lowest BCUT2D eigenvalue weighted by atomic mass is 9.44. The maximum Gasteiger partial charge on any atom is 0.316 e. The van der Waals surface area contributed by atoms with Crippen molar-refractivity contribution in [2.75, 3.05) is 12.3 Å². The number of carbonyl (C=O) groups is 3. The summed E-state index contributed by atoms with van der Waals surface area (Å²) in [6, 6.07) is -0.179. The summed E-state index contributed by atoms with van der Waals surface area (Å²) in [4.78, 5) is 40.0. The molecule has 9 heteroatoms. The number of thioether (sulfide) groups is 1. The first kappa shape index (κ1) is 33.0. The summed E-state index contributed by atoms with van der Waals surface area (Å²) >= 11 is 1.40. The van der Waals surface area contributed by atoms with Gasteiger partial charge in [-0.15, -0.1) is 18.3 Å². The number of nitrogens with one attached hydrogen (secondary N) is 2. The van der Waals surface area contributed by atoms with Gasteiger partial charge in [-0.05, 0) is 81.6 Å². The Bertz CT molecular complexity index is 1080. The van der Waals surface area contributed by atoms with Gasteiger partial charge in [0.2, 0.25) is 5.91 Å². The highest BCUT2D eigenvalue weighted by atomic mass is 32.2. The molecular weight excluding hydrogens is 564 g/mol. The van der Waals surface area contributed by atoms with Crippen LogP contribution in [0.2, 0.25) is 0 Å². The van der Waals surface area contributed by atoms with Gasteiger partial charge in [0, 0.05) is 34.5 Å². The maximum atomic E-state index is 13.6. The van der Waals surface area contributed by atoms with Crippen molar-refractivity contribution in [2.45, 2.75) is 134 Å². The van der Waals surface area contributed by atoms with Gasteiger partial charge >= 0.3 is 5.97 Å². The van der Waals surface area contributed by atoms with Gasteiger partial charge in [0.05, 0.1) is 24.0 Å². The van der Waals surface area contributed by atoms with E-state index in [1.165, 1.54) is 11.8 Å². The molecule has 43 heavy (non-hydrogen) atoms. The number of rotatable bonds is 7. The van der Waals surface area contributed by atoms with Gasteiger partial charge in [0.1, 0.15) is 11.9 Å². The van der Waals surface area contributed by atoms with Crippen LogP contribution in [0.15, 0.2) is 12.7 Å². The van der Waals surface area contributed by atoms with Crippen molar-refractivity contribution < 1.29 is 29.3 Å². The highest BCUT2D eigenvalue weighted by Gasteiger charge is 2.68. The van der Waals surface area contributed by atoms with Crippen LogP contribution in [0.4, 0.5) is 0 Å². The molecule has 1 aliphatic heterocycles. The molecule has 5 aliphatic rings. The Kier molecular flexibility index (Phi) is 9.78. The van der Waals surface area contributed by atoms with Crippen LogP contribution in [0.25, 0.3) is 0 Å². The average molecular weight is 619 g/mol. The Morgan fingerprint density at radius 3 is 2.60 bits per heavy atom. The molecule has 0 spiro atoms. The Labute approximate surface area is 261 Å². The van der Waals surface area contributed by atoms with Gasteiger partial charge in [-0.25, -0.2) is 0 Å². The van der Waals surface area contributed by atoms with Crippen LogP contribution in [0.5, 0.6) is 0 Å². The monoisotopic (exact) mass is 618 g/mol. The first-order valence-corrected chi connectivity index (χ1v) is 17.8. The molecular formula is C34H54N2O6S. The van der Waals surface area contributed by atoms with Gasteiger partial charge in [0.25, 0.3) is 0 Å². The molecule has 5 rings (SSSR count). The minimum absolute atomic E-state index is 0.0287. The summed E-state index contributed by atoms with van der Waals surface area (Å²) < 4.78 is 6.39. The normalized spacial score (nSPS) is 46.7. The minimum Gasteiger partial charge on any atom is -0.461 e. The number of Topliss-reactive ketones (excluding diaryl/α,β-unsaturated/α-hetero) is 1. The Hall–Kier alpha value is -1.42. The van der Waals surface area contributed by atoms with Crippen LogP contribution in [-0.2, 0) is 19.1 Å². The zero-order valence-corrected chi connectivity index (χ0v) is 27.4. The number of hydrogen-bond donors (Lipinski definition) is 4. The fourth-order valence-electron chi connectivity index (χ4n) is 9.67. The van der Waals surface area contributed by atoms with Crippen LogP contribution < -0.4 is 10.6 Å². The van der Waals surface area contributed by atoms with Crippen molar-refractivity contribution in [1.82, 2.24) is 10.6 Å². The number of esters is 1. The summed E-state index contributed by atoms with van der Waals surface area (Å²) in [5.41, 5.74) is -1.52. The largest absolute Gasteiger partial charge is 0.461 e. The van der Waals surface area contributed by atoms with E-state index < -0.39 is 29.1 Å². The summed E-state index contributed by atoms with van der Waals surface area (Å²) in [7, 11) is 0. The lowest BCUT2D eigenvalue weighted by molar-refractivity contribution is -0.205. The van der Waals surface area contributed by atoms with Crippen LogP contribution >= 0.6 is 11.8 Å². The van der Waals surface area contributed by atoms with Gasteiger partial charge < -0.3 is 25.6 Å². The van der Waals surface area contributed by atoms with E-state index in [1.807, 2.05) is 13.0 Å². The van der Waals surface area contributed by atoms with E-state index in [0.29, 0.717) is 25.7 Å². The number of piperidine rings is 1. The van der Waals surface area contributed by atoms with Gasteiger partial charge in [-0.2, -0.15) is 0 Å². The first-order valence-electron chi connectivity index (χ1n) is 16.7. The van der Waals surface area contributed by atoms with Crippen molar-refractivity contribution in [2.24, 2.45) is 34.0 Å².